The van der Waals surface area contributed by atoms with Crippen LogP contribution >= 0.6 is 23.1 Å². The number of fused-ring (bicyclic) bond motifs is 1. The highest BCUT2D eigenvalue weighted by Crippen LogP contribution is 2.30. The lowest BCUT2D eigenvalue weighted by Gasteiger charge is -2.23. The number of anilines is 1. The summed E-state index contributed by atoms with van der Waals surface area (Å²) < 4.78 is 13.2. The number of rotatable bonds is 8. The molecule has 2 amide bonds. The van der Waals surface area contributed by atoms with Crippen molar-refractivity contribution >= 4 is 51.1 Å². The number of nitrogens with one attached hydrogen (secondary N) is 2. The summed E-state index contributed by atoms with van der Waals surface area (Å²) in [5, 5.41) is 10.7. The van der Waals surface area contributed by atoms with Gasteiger partial charge in [0.15, 0.2) is 0 Å². The normalized spacial score (nSPS) is 12.4. The van der Waals surface area contributed by atoms with E-state index in [-0.39, 0.29) is 5.91 Å². The summed E-state index contributed by atoms with van der Waals surface area (Å²) in [7, 11) is 1.62. The van der Waals surface area contributed by atoms with Gasteiger partial charge in [-0.15, -0.1) is 0 Å². The van der Waals surface area contributed by atoms with Gasteiger partial charge in [-0.2, -0.15) is 21.5 Å². The van der Waals surface area contributed by atoms with Crippen LogP contribution in [-0.2, 0) is 9.53 Å². The van der Waals surface area contributed by atoms with Crippen LogP contribution in [0.15, 0.2) is 24.3 Å². The molecule has 0 aliphatic carbocycles. The summed E-state index contributed by atoms with van der Waals surface area (Å²) in [6, 6.07) is 6.65. The summed E-state index contributed by atoms with van der Waals surface area (Å²) in [5.41, 5.74) is 0.879. The zero-order valence-corrected chi connectivity index (χ0v) is 21.2. The first kappa shape index (κ1) is 24.8. The van der Waals surface area contributed by atoms with Crippen molar-refractivity contribution in [1.82, 2.24) is 20.1 Å². The molecule has 2 heterocycles. The molecule has 1 unspecified atom stereocenters. The molecule has 2 aromatic heterocycles. The third kappa shape index (κ3) is 6.61. The van der Waals surface area contributed by atoms with Crippen molar-refractivity contribution < 1.29 is 19.1 Å². The minimum atomic E-state index is -0.754. The minimum Gasteiger partial charge on any atom is -0.497 e. The molecule has 0 aliphatic rings. The number of carbonyl (C=O) groups excluding carboxylic acids is 2. The molecule has 0 aliphatic heterocycles. The predicted molar refractivity (Wildman–Crippen MR) is 133 cm³/mol. The van der Waals surface area contributed by atoms with E-state index in [1.807, 2.05) is 31.4 Å². The van der Waals surface area contributed by atoms with Gasteiger partial charge in [0.2, 0.25) is 11.0 Å². The van der Waals surface area contributed by atoms with Crippen molar-refractivity contribution in [2.45, 2.75) is 45.8 Å². The molecular weight excluding hydrogens is 462 g/mol. The number of aryl methyl sites for hydroxylation is 1. The average molecular weight is 492 g/mol. The number of methoxy groups -OCH3 is 1. The van der Waals surface area contributed by atoms with Gasteiger partial charge in [-0.05, 0) is 64.3 Å². The molecular formula is C22H29N5O4S2. The molecule has 0 radical (unpaired) electrons. The molecule has 3 aromatic rings. The van der Waals surface area contributed by atoms with Gasteiger partial charge < -0.3 is 20.1 Å². The number of amides is 2. The number of carbonyl (C=O) groups is 2. The van der Waals surface area contributed by atoms with Crippen molar-refractivity contribution in [2.75, 3.05) is 24.4 Å². The number of thiazole rings is 1. The van der Waals surface area contributed by atoms with E-state index in [0.717, 1.165) is 21.7 Å². The van der Waals surface area contributed by atoms with Crippen LogP contribution in [0, 0.1) is 6.92 Å². The summed E-state index contributed by atoms with van der Waals surface area (Å²) in [5.74, 6) is 1.57. The van der Waals surface area contributed by atoms with E-state index in [4.69, 9.17) is 9.47 Å². The van der Waals surface area contributed by atoms with Crippen molar-refractivity contribution in [3.63, 3.8) is 0 Å². The number of benzene rings is 1. The van der Waals surface area contributed by atoms with E-state index in [1.165, 1.54) is 11.3 Å². The third-order valence-corrected chi connectivity index (χ3v) is 6.10. The second kappa shape index (κ2) is 10.4. The molecule has 0 fully saturated rings. The molecule has 1 aromatic carbocycles. The lowest BCUT2D eigenvalue weighted by Crippen LogP contribution is -2.46. The van der Waals surface area contributed by atoms with Crippen LogP contribution in [0.5, 0.6) is 5.75 Å². The van der Waals surface area contributed by atoms with Gasteiger partial charge >= 0.3 is 6.09 Å². The first-order valence-corrected chi connectivity index (χ1v) is 12.6. The fourth-order valence-corrected chi connectivity index (χ4v) is 4.44. The van der Waals surface area contributed by atoms with Crippen molar-refractivity contribution in [3.05, 3.63) is 30.0 Å². The molecule has 0 spiro atoms. The maximum absolute atomic E-state index is 13.1. The number of ether oxygens (including phenoxy) is 2. The third-order valence-electron chi connectivity index (χ3n) is 4.47. The van der Waals surface area contributed by atoms with Gasteiger partial charge in [0.05, 0.1) is 23.0 Å². The molecule has 3 rings (SSSR count). The standard InChI is InChI=1S/C22H29N5O4S2/c1-13-11-18(25-19(28)16(9-10-32-6)24-21(29)31-22(2,3)4)27(26-13)20-23-15-8-7-14(30-5)12-17(15)33-20/h7-8,11-12,16H,9-10H2,1-6H3,(H,24,29)(H,25,28). The SMILES string of the molecule is COc1ccc2nc(-n3nc(C)cc3NC(=O)C(CCSC)NC(=O)OC(C)(C)C)sc2c1. The number of hydrogen-bond acceptors (Lipinski definition) is 8. The van der Waals surface area contributed by atoms with Gasteiger partial charge in [-0.3, -0.25) is 4.79 Å². The highest BCUT2D eigenvalue weighted by molar-refractivity contribution is 7.98. The van der Waals surface area contributed by atoms with Crippen LogP contribution < -0.4 is 15.4 Å². The molecule has 178 valence electrons. The maximum Gasteiger partial charge on any atom is 0.408 e. The topological polar surface area (TPSA) is 107 Å². The summed E-state index contributed by atoms with van der Waals surface area (Å²) in [6.07, 6.45) is 1.78. The van der Waals surface area contributed by atoms with E-state index in [9.17, 15) is 9.59 Å². The number of nitrogens with zero attached hydrogens (tertiary/aromatic N) is 3. The van der Waals surface area contributed by atoms with Gasteiger partial charge in [0.25, 0.3) is 0 Å². The van der Waals surface area contributed by atoms with Crippen molar-refractivity contribution in [3.8, 4) is 10.9 Å². The van der Waals surface area contributed by atoms with Crippen LogP contribution in [0.2, 0.25) is 0 Å². The zero-order valence-electron chi connectivity index (χ0n) is 19.6. The van der Waals surface area contributed by atoms with Gasteiger partial charge in [0, 0.05) is 6.07 Å². The lowest BCUT2D eigenvalue weighted by atomic mass is 10.2. The Bertz CT molecular complexity index is 1140. The van der Waals surface area contributed by atoms with E-state index < -0.39 is 17.7 Å². The molecule has 0 bridgehead atoms. The monoisotopic (exact) mass is 491 g/mol. The van der Waals surface area contributed by atoms with Crippen LogP contribution in [0.1, 0.15) is 32.9 Å². The molecule has 0 saturated carbocycles. The Labute approximate surface area is 201 Å². The second-order valence-corrected chi connectivity index (χ2v) is 10.4. The largest absolute Gasteiger partial charge is 0.497 e. The first-order chi connectivity index (χ1) is 15.6. The van der Waals surface area contributed by atoms with Gasteiger partial charge in [-0.25, -0.2) is 9.78 Å². The predicted octanol–water partition coefficient (Wildman–Crippen LogP) is 4.38. The van der Waals surface area contributed by atoms with Crippen LogP contribution in [0.25, 0.3) is 15.3 Å². The fraction of sp³-hybridized carbons (Fsp3) is 0.455. The molecule has 2 N–H and O–H groups in total. The number of thioether (sulfide) groups is 1. The van der Waals surface area contributed by atoms with Crippen LogP contribution in [0.4, 0.5) is 10.6 Å². The average Bonchev–Trinajstić information content (AvgIpc) is 3.31. The van der Waals surface area contributed by atoms with Crippen molar-refractivity contribution in [1.29, 1.82) is 0 Å². The smallest absolute Gasteiger partial charge is 0.408 e. The molecule has 33 heavy (non-hydrogen) atoms. The first-order valence-electron chi connectivity index (χ1n) is 10.4. The Morgan fingerprint density at radius 3 is 2.70 bits per heavy atom. The zero-order chi connectivity index (χ0) is 24.2. The van der Waals surface area contributed by atoms with E-state index >= 15 is 0 Å². The van der Waals surface area contributed by atoms with E-state index in [0.29, 0.717) is 23.1 Å². The lowest BCUT2D eigenvalue weighted by molar-refractivity contribution is -0.118. The highest BCUT2D eigenvalue weighted by atomic mass is 32.2. The number of hydrogen-bond donors (Lipinski definition) is 2. The quantitative estimate of drug-likeness (QED) is 0.481. The Morgan fingerprint density at radius 2 is 2.03 bits per heavy atom. The Balaban J connectivity index is 1.83. The van der Waals surface area contributed by atoms with Gasteiger partial charge in [0.1, 0.15) is 23.2 Å². The van der Waals surface area contributed by atoms with Gasteiger partial charge in [-0.1, -0.05) is 11.3 Å². The second-order valence-electron chi connectivity index (χ2n) is 8.38. The van der Waals surface area contributed by atoms with E-state index in [1.54, 1.807) is 50.4 Å². The summed E-state index contributed by atoms with van der Waals surface area (Å²) in [6.45, 7) is 7.17. The number of alkyl carbamates (subject to hydrolysis) is 1. The van der Waals surface area contributed by atoms with E-state index in [2.05, 4.69) is 20.7 Å². The Hall–Kier alpha value is -2.79. The molecule has 9 nitrogen and oxygen atoms in total. The molecule has 0 saturated heterocycles. The van der Waals surface area contributed by atoms with Crippen molar-refractivity contribution in [2.24, 2.45) is 0 Å². The van der Waals surface area contributed by atoms with Crippen LogP contribution in [0.3, 0.4) is 0 Å². The molecule has 11 heteroatoms. The van der Waals surface area contributed by atoms with Crippen LogP contribution in [-0.4, -0.2) is 57.5 Å². The maximum atomic E-state index is 13.1. The Morgan fingerprint density at radius 1 is 1.27 bits per heavy atom. The summed E-state index contributed by atoms with van der Waals surface area (Å²) >= 11 is 3.03. The molecule has 1 atom stereocenters. The highest BCUT2D eigenvalue weighted by Gasteiger charge is 2.25. The Kier molecular flexibility index (Phi) is 7.85. The summed E-state index contributed by atoms with van der Waals surface area (Å²) in [4.78, 5) is 30.0. The minimum absolute atomic E-state index is 0.348. The number of aromatic nitrogens is 3. The fourth-order valence-electron chi connectivity index (χ4n) is 3.01.